The van der Waals surface area contributed by atoms with Crippen LogP contribution in [0.15, 0.2) is 36.4 Å². The van der Waals surface area contributed by atoms with E-state index in [1.165, 1.54) is 25.1 Å². The Morgan fingerprint density at radius 1 is 1.00 bits per heavy atom. The minimum absolute atomic E-state index is 0.171. The summed E-state index contributed by atoms with van der Waals surface area (Å²) in [6.45, 7) is 0.946. The highest BCUT2D eigenvalue weighted by Gasteiger charge is 2.20. The second-order valence-corrected chi connectivity index (χ2v) is 7.13. The van der Waals surface area contributed by atoms with Crippen LogP contribution in [0.2, 0.25) is 20.1 Å². The maximum atomic E-state index is 12.1. The molecule has 0 aliphatic rings. The van der Waals surface area contributed by atoms with Crippen molar-refractivity contribution in [2.45, 2.75) is 13.0 Å². The van der Waals surface area contributed by atoms with Crippen LogP contribution in [0.5, 0.6) is 0 Å². The zero-order chi connectivity index (χ0) is 20.8. The molecular weight excluding hydrogens is 450 g/mol. The molecule has 1 unspecified atom stereocenters. The fourth-order valence-corrected chi connectivity index (χ4v) is 2.66. The first-order valence-electron chi connectivity index (χ1n) is 7.86. The lowest BCUT2D eigenvalue weighted by Crippen LogP contribution is -2.35. The number of carbonyl (C=O) groups excluding carboxylic acids is 3. The second kappa shape index (κ2) is 9.98. The number of amides is 2. The van der Waals surface area contributed by atoms with E-state index in [-0.39, 0.29) is 26.3 Å². The Balaban J connectivity index is 1.86. The molecule has 2 N–H and O–H groups in total. The Morgan fingerprint density at radius 3 is 2.39 bits per heavy atom. The highest BCUT2D eigenvalue weighted by molar-refractivity contribution is 6.44. The number of hydrogen-bond donors (Lipinski definition) is 2. The third-order valence-corrected chi connectivity index (χ3v) is 5.02. The van der Waals surface area contributed by atoms with Crippen molar-refractivity contribution < 1.29 is 19.1 Å². The summed E-state index contributed by atoms with van der Waals surface area (Å²) in [5.41, 5.74) is 0.513. The number of halogens is 4. The van der Waals surface area contributed by atoms with Crippen LogP contribution in [0.3, 0.4) is 0 Å². The highest BCUT2D eigenvalue weighted by Crippen LogP contribution is 2.29. The van der Waals surface area contributed by atoms with E-state index in [9.17, 15) is 14.4 Å². The summed E-state index contributed by atoms with van der Waals surface area (Å²) >= 11 is 23.5. The number of benzene rings is 2. The number of carbonyl (C=O) groups is 3. The van der Waals surface area contributed by atoms with E-state index in [1.54, 1.807) is 18.2 Å². The molecule has 0 aliphatic carbocycles. The molecule has 0 heterocycles. The maximum Gasteiger partial charge on any atom is 0.326 e. The average Bonchev–Trinajstić information content (AvgIpc) is 2.65. The largest absolute Gasteiger partial charge is 0.451 e. The van der Waals surface area contributed by atoms with Crippen LogP contribution in [0, 0.1) is 0 Å². The lowest BCUT2D eigenvalue weighted by Gasteiger charge is -2.15. The summed E-state index contributed by atoms with van der Waals surface area (Å²) in [6, 6.07) is 9.02. The van der Waals surface area contributed by atoms with Crippen molar-refractivity contribution in [3.63, 3.8) is 0 Å². The molecule has 28 heavy (non-hydrogen) atoms. The first kappa shape index (κ1) is 22.3. The zero-order valence-corrected chi connectivity index (χ0v) is 17.4. The molecule has 0 fully saturated rings. The van der Waals surface area contributed by atoms with E-state index in [0.717, 1.165) is 0 Å². The molecule has 6 nitrogen and oxygen atoms in total. The molecule has 0 aromatic heterocycles. The van der Waals surface area contributed by atoms with Crippen molar-refractivity contribution in [2.75, 3.05) is 11.9 Å². The molecule has 0 bridgehead atoms. The summed E-state index contributed by atoms with van der Waals surface area (Å²) in [5.74, 6) is -1.94. The van der Waals surface area contributed by atoms with Gasteiger partial charge in [0.1, 0.15) is 6.54 Å². The van der Waals surface area contributed by atoms with E-state index in [0.29, 0.717) is 5.02 Å². The van der Waals surface area contributed by atoms with Crippen LogP contribution >= 0.6 is 46.4 Å². The van der Waals surface area contributed by atoms with Gasteiger partial charge in [0.25, 0.3) is 11.8 Å². The third-order valence-electron chi connectivity index (χ3n) is 3.46. The topological polar surface area (TPSA) is 84.5 Å². The number of ether oxygens (including phenoxy) is 1. The number of rotatable bonds is 6. The average molecular weight is 464 g/mol. The van der Waals surface area contributed by atoms with Gasteiger partial charge in [-0.25, -0.2) is 0 Å². The van der Waals surface area contributed by atoms with E-state index in [2.05, 4.69) is 10.6 Å². The van der Waals surface area contributed by atoms with E-state index < -0.39 is 30.4 Å². The smallest absolute Gasteiger partial charge is 0.326 e. The number of anilines is 1. The van der Waals surface area contributed by atoms with Gasteiger partial charge in [0, 0.05) is 5.56 Å². The van der Waals surface area contributed by atoms with Crippen molar-refractivity contribution in [3.8, 4) is 0 Å². The van der Waals surface area contributed by atoms with Gasteiger partial charge in [0.2, 0.25) is 0 Å². The summed E-state index contributed by atoms with van der Waals surface area (Å²) < 4.78 is 4.99. The molecule has 1 atom stereocenters. The third kappa shape index (κ3) is 6.01. The minimum atomic E-state index is -1.12. The number of nitrogens with one attached hydrogen (secondary N) is 2. The molecule has 2 aromatic carbocycles. The Morgan fingerprint density at radius 2 is 1.71 bits per heavy atom. The summed E-state index contributed by atoms with van der Waals surface area (Å²) in [4.78, 5) is 36.0. The van der Waals surface area contributed by atoms with Crippen LogP contribution in [0.4, 0.5) is 5.69 Å². The Kier molecular flexibility index (Phi) is 7.95. The fourth-order valence-electron chi connectivity index (χ4n) is 2.02. The maximum absolute atomic E-state index is 12.1. The van der Waals surface area contributed by atoms with Gasteiger partial charge in [-0.1, -0.05) is 52.5 Å². The van der Waals surface area contributed by atoms with Gasteiger partial charge in [-0.2, -0.15) is 0 Å². The fraction of sp³-hybridized carbons (Fsp3) is 0.167. The van der Waals surface area contributed by atoms with Gasteiger partial charge in [0.15, 0.2) is 6.10 Å². The number of esters is 1. The van der Waals surface area contributed by atoms with Crippen LogP contribution in [-0.2, 0) is 14.3 Å². The monoisotopic (exact) mass is 462 g/mol. The van der Waals surface area contributed by atoms with Crippen LogP contribution in [0.25, 0.3) is 0 Å². The summed E-state index contributed by atoms with van der Waals surface area (Å²) in [7, 11) is 0. The van der Waals surface area contributed by atoms with Crippen molar-refractivity contribution in [1.82, 2.24) is 5.32 Å². The van der Waals surface area contributed by atoms with Crippen LogP contribution < -0.4 is 10.6 Å². The van der Waals surface area contributed by atoms with Crippen LogP contribution in [-0.4, -0.2) is 30.4 Å². The van der Waals surface area contributed by atoms with Gasteiger partial charge < -0.3 is 15.4 Å². The van der Waals surface area contributed by atoms with E-state index >= 15 is 0 Å². The molecule has 0 saturated heterocycles. The molecule has 2 aromatic rings. The van der Waals surface area contributed by atoms with Crippen molar-refractivity contribution >= 4 is 69.9 Å². The molecule has 0 aliphatic heterocycles. The van der Waals surface area contributed by atoms with Crippen molar-refractivity contribution in [1.29, 1.82) is 0 Å². The standard InChI is InChI=1S/C18H14Cl4N2O4/c1-9(17(26)24-14-4-2-3-12(20)16(14)22)28-15(25)8-23-18(27)10-5-6-11(19)13(21)7-10/h2-7,9H,8H2,1H3,(H,23,27)(H,24,26). The van der Waals surface area contributed by atoms with Gasteiger partial charge in [-0.05, 0) is 37.3 Å². The molecule has 0 spiro atoms. The van der Waals surface area contributed by atoms with Crippen LogP contribution in [0.1, 0.15) is 17.3 Å². The molecule has 148 valence electrons. The Labute approximate surface area is 181 Å². The SMILES string of the molecule is CC(OC(=O)CNC(=O)c1ccc(Cl)c(Cl)c1)C(=O)Nc1cccc(Cl)c1Cl. The first-order valence-corrected chi connectivity index (χ1v) is 9.38. The lowest BCUT2D eigenvalue weighted by atomic mass is 10.2. The second-order valence-electron chi connectivity index (χ2n) is 5.53. The summed E-state index contributed by atoms with van der Waals surface area (Å²) in [5, 5.41) is 5.84. The first-order chi connectivity index (χ1) is 13.2. The predicted molar refractivity (Wildman–Crippen MR) is 109 cm³/mol. The van der Waals surface area contributed by atoms with E-state index in [4.69, 9.17) is 51.1 Å². The van der Waals surface area contributed by atoms with Crippen molar-refractivity contribution in [3.05, 3.63) is 62.1 Å². The van der Waals surface area contributed by atoms with Gasteiger partial charge in [0.05, 0.1) is 25.8 Å². The molecule has 10 heteroatoms. The quantitative estimate of drug-likeness (QED) is 0.613. The number of hydrogen-bond acceptors (Lipinski definition) is 4. The lowest BCUT2D eigenvalue weighted by molar-refractivity contribution is -0.152. The summed E-state index contributed by atoms with van der Waals surface area (Å²) in [6.07, 6.45) is -1.12. The molecule has 0 saturated carbocycles. The van der Waals surface area contributed by atoms with Gasteiger partial charge in [-0.15, -0.1) is 0 Å². The molecule has 0 radical (unpaired) electrons. The van der Waals surface area contributed by atoms with Gasteiger partial charge >= 0.3 is 5.97 Å². The Bertz CT molecular complexity index is 920. The van der Waals surface area contributed by atoms with Crippen molar-refractivity contribution in [2.24, 2.45) is 0 Å². The molecular formula is C18H14Cl4N2O4. The Hall–Kier alpha value is -1.99. The normalized spacial score (nSPS) is 11.5. The van der Waals surface area contributed by atoms with Gasteiger partial charge in [-0.3, -0.25) is 14.4 Å². The van der Waals surface area contributed by atoms with E-state index in [1.807, 2.05) is 0 Å². The molecule has 2 rings (SSSR count). The minimum Gasteiger partial charge on any atom is -0.451 e. The zero-order valence-electron chi connectivity index (χ0n) is 14.4. The predicted octanol–water partition coefficient (Wildman–Crippen LogP) is 4.60. The highest BCUT2D eigenvalue weighted by atomic mass is 35.5. The molecule has 2 amide bonds.